The van der Waals surface area contributed by atoms with Crippen molar-refractivity contribution in [2.24, 2.45) is 0 Å². The van der Waals surface area contributed by atoms with Gasteiger partial charge in [-0.15, -0.1) is 0 Å². The third-order valence-corrected chi connectivity index (χ3v) is 3.41. The van der Waals surface area contributed by atoms with Crippen LogP contribution in [-0.2, 0) is 4.79 Å². The molecule has 7 heteroatoms. The molecule has 21 heavy (non-hydrogen) atoms. The number of carbonyl (C=O) groups is 1. The van der Waals surface area contributed by atoms with Gasteiger partial charge in [-0.25, -0.2) is 13.8 Å². The van der Waals surface area contributed by atoms with Gasteiger partial charge < -0.3 is 10.3 Å². The van der Waals surface area contributed by atoms with E-state index in [9.17, 15) is 18.4 Å². The summed E-state index contributed by atoms with van der Waals surface area (Å²) in [5.41, 5.74) is -0.152. The topological polar surface area (TPSA) is 74.8 Å². The summed E-state index contributed by atoms with van der Waals surface area (Å²) in [4.78, 5) is 30.5. The van der Waals surface area contributed by atoms with E-state index < -0.39 is 23.1 Å². The van der Waals surface area contributed by atoms with Crippen LogP contribution in [0.3, 0.4) is 0 Å². The summed E-state index contributed by atoms with van der Waals surface area (Å²) in [7, 11) is 0. The number of fused-ring (bicyclic) bond motifs is 1. The van der Waals surface area contributed by atoms with Crippen molar-refractivity contribution in [2.45, 2.75) is 19.3 Å². The Morgan fingerprint density at radius 1 is 1.29 bits per heavy atom. The highest BCUT2D eigenvalue weighted by molar-refractivity contribution is 5.94. The lowest BCUT2D eigenvalue weighted by atomic mass is 9.86. The first-order valence-corrected chi connectivity index (χ1v) is 6.31. The summed E-state index contributed by atoms with van der Waals surface area (Å²) in [5, 5.41) is 2.51. The average molecular weight is 291 g/mol. The van der Waals surface area contributed by atoms with Gasteiger partial charge in [-0.05, 0) is 18.6 Å². The van der Waals surface area contributed by atoms with Crippen LogP contribution in [0.15, 0.2) is 23.0 Å². The number of nitrogens with zero attached hydrogens (tertiary/aromatic N) is 1. The van der Waals surface area contributed by atoms with E-state index in [1.54, 1.807) is 6.92 Å². The number of amides is 1. The van der Waals surface area contributed by atoms with E-state index in [2.05, 4.69) is 15.3 Å². The lowest BCUT2D eigenvalue weighted by Gasteiger charge is -2.24. The average Bonchev–Trinajstić information content (AvgIpc) is 2.36. The molecular weight excluding hydrogens is 280 g/mol. The number of benzene rings is 1. The fourth-order valence-electron chi connectivity index (χ4n) is 2.53. The summed E-state index contributed by atoms with van der Waals surface area (Å²) in [5.74, 6) is -2.19. The molecule has 0 radical (unpaired) electrons. The van der Waals surface area contributed by atoms with Crippen LogP contribution in [0.1, 0.15) is 29.3 Å². The minimum atomic E-state index is -0.791. The van der Waals surface area contributed by atoms with E-state index in [4.69, 9.17) is 0 Å². The zero-order chi connectivity index (χ0) is 15.1. The predicted molar refractivity (Wildman–Crippen MR) is 71.0 cm³/mol. The van der Waals surface area contributed by atoms with Gasteiger partial charge in [-0.3, -0.25) is 9.59 Å². The number of aryl methyl sites for hydroxylation is 1. The monoisotopic (exact) mass is 291 g/mol. The third-order valence-electron chi connectivity index (χ3n) is 3.41. The summed E-state index contributed by atoms with van der Waals surface area (Å²) in [6, 6.07) is 3.08. The normalized spacial score (nSPS) is 17.3. The highest BCUT2D eigenvalue weighted by Crippen LogP contribution is 2.34. The second kappa shape index (κ2) is 4.76. The standard InChI is InChI=1S/C14H11F2N3O2/c1-6-17-13-12(14(21)18-6)9(5-11(20)19-13)8-3-2-7(15)4-10(8)16/h2-4,9H,5H2,1H3,(H2,17,18,19,20,21). The molecule has 1 amide bonds. The van der Waals surface area contributed by atoms with Crippen molar-refractivity contribution in [1.82, 2.24) is 9.97 Å². The molecule has 1 aromatic heterocycles. The number of hydrogen-bond donors (Lipinski definition) is 2. The number of halogens is 2. The van der Waals surface area contributed by atoms with E-state index in [0.717, 1.165) is 12.1 Å². The van der Waals surface area contributed by atoms with Crippen LogP contribution in [0.5, 0.6) is 0 Å². The van der Waals surface area contributed by atoms with E-state index >= 15 is 0 Å². The second-order valence-electron chi connectivity index (χ2n) is 4.88. The molecule has 1 unspecified atom stereocenters. The Morgan fingerprint density at radius 3 is 2.76 bits per heavy atom. The van der Waals surface area contributed by atoms with E-state index in [-0.39, 0.29) is 29.3 Å². The van der Waals surface area contributed by atoms with Gasteiger partial charge in [-0.1, -0.05) is 6.07 Å². The van der Waals surface area contributed by atoms with Crippen molar-refractivity contribution < 1.29 is 13.6 Å². The van der Waals surface area contributed by atoms with Crippen LogP contribution >= 0.6 is 0 Å². The Balaban J connectivity index is 2.22. The molecule has 0 bridgehead atoms. The van der Waals surface area contributed by atoms with Crippen LogP contribution in [0.25, 0.3) is 0 Å². The number of rotatable bonds is 1. The molecule has 108 valence electrons. The fourth-order valence-corrected chi connectivity index (χ4v) is 2.53. The second-order valence-corrected chi connectivity index (χ2v) is 4.88. The van der Waals surface area contributed by atoms with Crippen LogP contribution < -0.4 is 10.9 Å². The first-order chi connectivity index (χ1) is 9.95. The zero-order valence-corrected chi connectivity index (χ0v) is 11.0. The number of H-pyrrole nitrogens is 1. The molecule has 2 aromatic rings. The molecular formula is C14H11F2N3O2. The van der Waals surface area contributed by atoms with Gasteiger partial charge in [0.15, 0.2) is 0 Å². The van der Waals surface area contributed by atoms with Crippen molar-refractivity contribution in [3.8, 4) is 0 Å². The van der Waals surface area contributed by atoms with Gasteiger partial charge in [0, 0.05) is 18.4 Å². The van der Waals surface area contributed by atoms with E-state index in [1.165, 1.54) is 6.07 Å². The number of nitrogens with one attached hydrogen (secondary N) is 2. The fraction of sp³-hybridized carbons (Fsp3) is 0.214. The Hall–Kier alpha value is -2.57. The van der Waals surface area contributed by atoms with Gasteiger partial charge in [0.25, 0.3) is 5.56 Å². The molecule has 1 aliphatic heterocycles. The molecule has 2 heterocycles. The molecule has 0 aliphatic carbocycles. The van der Waals surface area contributed by atoms with E-state index in [1.807, 2.05) is 0 Å². The molecule has 0 saturated carbocycles. The molecule has 0 spiro atoms. The van der Waals surface area contributed by atoms with Crippen LogP contribution in [-0.4, -0.2) is 15.9 Å². The summed E-state index contributed by atoms with van der Waals surface area (Å²) in [6.45, 7) is 1.58. The maximum absolute atomic E-state index is 14.0. The molecule has 0 saturated heterocycles. The number of anilines is 1. The number of hydrogen-bond acceptors (Lipinski definition) is 3. The smallest absolute Gasteiger partial charge is 0.256 e. The predicted octanol–water partition coefficient (Wildman–Crippen LogP) is 1.83. The van der Waals surface area contributed by atoms with Gasteiger partial charge in [0.1, 0.15) is 23.3 Å². The SMILES string of the molecule is Cc1nc2c(c(=O)[nH]1)C(c1ccc(F)cc1F)CC(=O)N2. The Morgan fingerprint density at radius 2 is 2.05 bits per heavy atom. The molecule has 2 N–H and O–H groups in total. The van der Waals surface area contributed by atoms with Crippen LogP contribution in [0.4, 0.5) is 14.6 Å². The largest absolute Gasteiger partial charge is 0.310 e. The van der Waals surface area contributed by atoms with Crippen LogP contribution in [0, 0.1) is 18.6 Å². The van der Waals surface area contributed by atoms with Gasteiger partial charge in [-0.2, -0.15) is 0 Å². The van der Waals surface area contributed by atoms with E-state index in [0.29, 0.717) is 5.82 Å². The van der Waals surface area contributed by atoms with Gasteiger partial charge in [0.2, 0.25) is 5.91 Å². The number of aromatic nitrogens is 2. The maximum atomic E-state index is 14.0. The highest BCUT2D eigenvalue weighted by Gasteiger charge is 2.32. The highest BCUT2D eigenvalue weighted by atomic mass is 19.1. The van der Waals surface area contributed by atoms with Crippen LogP contribution in [0.2, 0.25) is 0 Å². The number of aromatic amines is 1. The Bertz CT molecular complexity index is 801. The molecule has 3 rings (SSSR count). The zero-order valence-electron chi connectivity index (χ0n) is 11.0. The molecule has 1 aromatic carbocycles. The lowest BCUT2D eigenvalue weighted by Crippen LogP contribution is -2.31. The van der Waals surface area contributed by atoms with Crippen molar-refractivity contribution in [2.75, 3.05) is 5.32 Å². The molecule has 1 aliphatic rings. The first kappa shape index (κ1) is 13.4. The number of carbonyl (C=O) groups excluding carboxylic acids is 1. The minimum absolute atomic E-state index is 0.0939. The third kappa shape index (κ3) is 2.31. The summed E-state index contributed by atoms with van der Waals surface area (Å²) >= 11 is 0. The Kier molecular flexibility index (Phi) is 3.04. The van der Waals surface area contributed by atoms with Gasteiger partial charge in [0.05, 0.1) is 5.56 Å². The van der Waals surface area contributed by atoms with Crippen molar-refractivity contribution >= 4 is 11.7 Å². The lowest BCUT2D eigenvalue weighted by molar-refractivity contribution is -0.116. The summed E-state index contributed by atoms with van der Waals surface area (Å²) in [6.07, 6.45) is -0.0939. The molecule has 5 nitrogen and oxygen atoms in total. The maximum Gasteiger partial charge on any atom is 0.256 e. The Labute approximate surface area is 118 Å². The summed E-state index contributed by atoms with van der Waals surface area (Å²) < 4.78 is 27.0. The molecule has 0 fully saturated rings. The van der Waals surface area contributed by atoms with Crippen molar-refractivity contribution in [3.63, 3.8) is 0 Å². The van der Waals surface area contributed by atoms with Crippen molar-refractivity contribution in [3.05, 3.63) is 57.1 Å². The quantitative estimate of drug-likeness (QED) is 0.841. The minimum Gasteiger partial charge on any atom is -0.310 e. The first-order valence-electron chi connectivity index (χ1n) is 6.31. The van der Waals surface area contributed by atoms with Gasteiger partial charge >= 0.3 is 0 Å². The molecule has 1 atom stereocenters. The van der Waals surface area contributed by atoms with Crippen molar-refractivity contribution in [1.29, 1.82) is 0 Å².